The Labute approximate surface area is 95.2 Å². The molecule has 2 heteroatoms. The first-order valence-electron chi connectivity index (χ1n) is 6.64. The van der Waals surface area contributed by atoms with E-state index in [0.29, 0.717) is 0 Å². The number of hydrogen-bond acceptors (Lipinski definition) is 2. The van der Waals surface area contributed by atoms with Crippen LogP contribution in [0.15, 0.2) is 0 Å². The highest BCUT2D eigenvalue weighted by Gasteiger charge is 2.17. The van der Waals surface area contributed by atoms with Gasteiger partial charge in [-0.05, 0) is 38.8 Å². The maximum atomic E-state index is 5.59. The molecule has 2 nitrogen and oxygen atoms in total. The van der Waals surface area contributed by atoms with Crippen LogP contribution in [-0.4, -0.2) is 31.1 Å². The van der Waals surface area contributed by atoms with E-state index in [4.69, 9.17) is 5.73 Å². The lowest BCUT2D eigenvalue weighted by Crippen LogP contribution is -2.35. The summed E-state index contributed by atoms with van der Waals surface area (Å²) in [6.45, 7) is 4.38. The van der Waals surface area contributed by atoms with Gasteiger partial charge in [0.15, 0.2) is 0 Å². The lowest BCUT2D eigenvalue weighted by Gasteiger charge is -2.29. The third kappa shape index (κ3) is 4.98. The molecule has 1 aliphatic carbocycles. The molecule has 1 aliphatic rings. The SMILES string of the molecule is CC(CCN)CN(C)C1CCCCCC1. The van der Waals surface area contributed by atoms with Crippen LogP contribution in [0.4, 0.5) is 0 Å². The third-order valence-corrected chi connectivity index (χ3v) is 3.71. The van der Waals surface area contributed by atoms with Crippen LogP contribution in [0, 0.1) is 5.92 Å². The standard InChI is InChI=1S/C13H28N2/c1-12(9-10-14)11-15(2)13-7-5-3-4-6-8-13/h12-13H,3-11,14H2,1-2H3. The molecule has 0 aromatic carbocycles. The molecular weight excluding hydrogens is 184 g/mol. The molecule has 1 unspecified atom stereocenters. The zero-order valence-electron chi connectivity index (χ0n) is 10.5. The van der Waals surface area contributed by atoms with Crippen LogP contribution in [0.3, 0.4) is 0 Å². The average molecular weight is 212 g/mol. The highest BCUT2D eigenvalue weighted by molar-refractivity contribution is 4.73. The zero-order chi connectivity index (χ0) is 11.1. The first kappa shape index (κ1) is 13.0. The topological polar surface area (TPSA) is 29.3 Å². The van der Waals surface area contributed by atoms with Gasteiger partial charge >= 0.3 is 0 Å². The van der Waals surface area contributed by atoms with Crippen molar-refractivity contribution in [2.75, 3.05) is 20.1 Å². The van der Waals surface area contributed by atoms with Gasteiger partial charge in [0.05, 0.1) is 0 Å². The van der Waals surface area contributed by atoms with E-state index in [9.17, 15) is 0 Å². The van der Waals surface area contributed by atoms with E-state index in [-0.39, 0.29) is 0 Å². The maximum absolute atomic E-state index is 5.59. The molecular formula is C13H28N2. The summed E-state index contributed by atoms with van der Waals surface area (Å²) in [5.41, 5.74) is 5.59. The number of nitrogens with two attached hydrogens (primary N) is 1. The minimum atomic E-state index is 0.753. The van der Waals surface area contributed by atoms with Gasteiger partial charge in [-0.2, -0.15) is 0 Å². The Morgan fingerprint density at radius 3 is 2.33 bits per heavy atom. The second-order valence-electron chi connectivity index (χ2n) is 5.27. The molecule has 90 valence electrons. The predicted molar refractivity (Wildman–Crippen MR) is 67.0 cm³/mol. The van der Waals surface area contributed by atoms with Gasteiger partial charge in [-0.3, -0.25) is 0 Å². The molecule has 0 aromatic rings. The van der Waals surface area contributed by atoms with Crippen molar-refractivity contribution in [3.8, 4) is 0 Å². The van der Waals surface area contributed by atoms with Crippen LogP contribution in [0.1, 0.15) is 51.9 Å². The fourth-order valence-corrected chi connectivity index (χ4v) is 2.72. The quantitative estimate of drug-likeness (QED) is 0.710. The van der Waals surface area contributed by atoms with E-state index in [1.54, 1.807) is 0 Å². The summed E-state index contributed by atoms with van der Waals surface area (Å²) in [6.07, 6.45) is 9.74. The van der Waals surface area contributed by atoms with Crippen molar-refractivity contribution in [3.05, 3.63) is 0 Å². The second-order valence-corrected chi connectivity index (χ2v) is 5.27. The summed E-state index contributed by atoms with van der Waals surface area (Å²) in [6, 6.07) is 0.840. The molecule has 0 aromatic heterocycles. The normalized spacial score (nSPS) is 21.6. The Hall–Kier alpha value is -0.0800. The highest BCUT2D eigenvalue weighted by Crippen LogP contribution is 2.21. The molecule has 0 aliphatic heterocycles. The van der Waals surface area contributed by atoms with Crippen LogP contribution in [0.2, 0.25) is 0 Å². The summed E-state index contributed by atoms with van der Waals surface area (Å²) in [5.74, 6) is 0.753. The van der Waals surface area contributed by atoms with Crippen molar-refractivity contribution in [1.82, 2.24) is 4.90 Å². The van der Waals surface area contributed by atoms with Crippen molar-refractivity contribution < 1.29 is 0 Å². The van der Waals surface area contributed by atoms with Crippen LogP contribution in [0.25, 0.3) is 0 Å². The number of hydrogen-bond donors (Lipinski definition) is 1. The molecule has 1 fully saturated rings. The molecule has 0 spiro atoms. The number of nitrogens with zero attached hydrogens (tertiary/aromatic N) is 1. The fourth-order valence-electron chi connectivity index (χ4n) is 2.72. The Kier molecular flexibility index (Phi) is 6.26. The smallest absolute Gasteiger partial charge is 0.00923 e. The molecule has 0 bridgehead atoms. The van der Waals surface area contributed by atoms with Gasteiger partial charge in [-0.25, -0.2) is 0 Å². The molecule has 0 heterocycles. The summed E-state index contributed by atoms with van der Waals surface area (Å²) in [7, 11) is 2.29. The van der Waals surface area contributed by atoms with Crippen LogP contribution >= 0.6 is 0 Å². The van der Waals surface area contributed by atoms with E-state index in [0.717, 1.165) is 24.9 Å². The van der Waals surface area contributed by atoms with Crippen LogP contribution in [-0.2, 0) is 0 Å². The molecule has 1 atom stereocenters. The Balaban J connectivity index is 2.27. The average Bonchev–Trinajstić information content (AvgIpc) is 2.45. The molecule has 0 amide bonds. The van der Waals surface area contributed by atoms with Crippen molar-refractivity contribution >= 4 is 0 Å². The monoisotopic (exact) mass is 212 g/mol. The first-order chi connectivity index (χ1) is 7.24. The van der Waals surface area contributed by atoms with Gasteiger partial charge in [0.25, 0.3) is 0 Å². The third-order valence-electron chi connectivity index (χ3n) is 3.71. The van der Waals surface area contributed by atoms with Crippen molar-refractivity contribution in [3.63, 3.8) is 0 Å². The molecule has 15 heavy (non-hydrogen) atoms. The fraction of sp³-hybridized carbons (Fsp3) is 1.00. The van der Waals surface area contributed by atoms with Crippen molar-refractivity contribution in [2.24, 2.45) is 11.7 Å². The van der Waals surface area contributed by atoms with E-state index >= 15 is 0 Å². The molecule has 0 radical (unpaired) electrons. The van der Waals surface area contributed by atoms with E-state index < -0.39 is 0 Å². The zero-order valence-corrected chi connectivity index (χ0v) is 10.5. The molecule has 1 rings (SSSR count). The van der Waals surface area contributed by atoms with E-state index in [1.165, 1.54) is 45.1 Å². The lowest BCUT2D eigenvalue weighted by molar-refractivity contribution is 0.191. The maximum Gasteiger partial charge on any atom is 0.00923 e. The van der Waals surface area contributed by atoms with Gasteiger partial charge in [-0.15, -0.1) is 0 Å². The molecule has 2 N–H and O–H groups in total. The largest absolute Gasteiger partial charge is 0.330 e. The van der Waals surface area contributed by atoms with Gasteiger partial charge in [0.1, 0.15) is 0 Å². The summed E-state index contributed by atoms with van der Waals surface area (Å²) >= 11 is 0. The van der Waals surface area contributed by atoms with Gasteiger partial charge in [-0.1, -0.05) is 32.6 Å². The van der Waals surface area contributed by atoms with Crippen molar-refractivity contribution in [2.45, 2.75) is 57.9 Å². The summed E-state index contributed by atoms with van der Waals surface area (Å²) in [5, 5.41) is 0. The number of rotatable bonds is 5. The van der Waals surface area contributed by atoms with E-state index in [2.05, 4.69) is 18.9 Å². The second kappa shape index (κ2) is 7.24. The Morgan fingerprint density at radius 1 is 1.20 bits per heavy atom. The summed E-state index contributed by atoms with van der Waals surface area (Å²) < 4.78 is 0. The highest BCUT2D eigenvalue weighted by atomic mass is 15.1. The van der Waals surface area contributed by atoms with Crippen LogP contribution < -0.4 is 5.73 Å². The predicted octanol–water partition coefficient (Wildman–Crippen LogP) is 2.63. The minimum Gasteiger partial charge on any atom is -0.330 e. The van der Waals surface area contributed by atoms with Crippen LogP contribution in [0.5, 0.6) is 0 Å². The lowest BCUT2D eigenvalue weighted by atomic mass is 10.0. The van der Waals surface area contributed by atoms with Gasteiger partial charge in [0.2, 0.25) is 0 Å². The Morgan fingerprint density at radius 2 is 1.80 bits per heavy atom. The minimum absolute atomic E-state index is 0.753. The van der Waals surface area contributed by atoms with Gasteiger partial charge in [0, 0.05) is 12.6 Å². The van der Waals surface area contributed by atoms with Crippen molar-refractivity contribution in [1.29, 1.82) is 0 Å². The van der Waals surface area contributed by atoms with Gasteiger partial charge < -0.3 is 10.6 Å². The van der Waals surface area contributed by atoms with E-state index in [1.807, 2.05) is 0 Å². The Bertz CT molecular complexity index is 151. The first-order valence-corrected chi connectivity index (χ1v) is 6.64. The molecule has 0 saturated heterocycles. The summed E-state index contributed by atoms with van der Waals surface area (Å²) in [4.78, 5) is 2.58. The molecule has 1 saturated carbocycles.